The van der Waals surface area contributed by atoms with Gasteiger partial charge < -0.3 is 10.4 Å². The highest BCUT2D eigenvalue weighted by molar-refractivity contribution is 5.92. The zero-order valence-electron chi connectivity index (χ0n) is 12.3. The molecule has 1 aliphatic rings. The third-order valence-corrected chi connectivity index (χ3v) is 3.82. The molecule has 5 heteroatoms. The molecule has 0 aliphatic heterocycles. The topological polar surface area (TPSA) is 69.6 Å². The van der Waals surface area contributed by atoms with Gasteiger partial charge in [0, 0.05) is 18.3 Å². The summed E-state index contributed by atoms with van der Waals surface area (Å²) < 4.78 is 0. The van der Waals surface area contributed by atoms with E-state index < -0.39 is 5.97 Å². The Morgan fingerprint density at radius 3 is 2.43 bits per heavy atom. The molecule has 114 valence electrons. The minimum absolute atomic E-state index is 0.0635. The average molecular weight is 290 g/mol. The third kappa shape index (κ3) is 4.48. The highest BCUT2D eigenvalue weighted by Crippen LogP contribution is 2.20. The van der Waals surface area contributed by atoms with Crippen molar-refractivity contribution in [3.05, 3.63) is 29.8 Å². The number of aliphatic carboxylic acids is 1. The second-order valence-electron chi connectivity index (χ2n) is 5.56. The van der Waals surface area contributed by atoms with Gasteiger partial charge in [-0.2, -0.15) is 0 Å². The number of aryl methyl sites for hydroxylation is 1. The maximum absolute atomic E-state index is 12.4. The van der Waals surface area contributed by atoms with Gasteiger partial charge in [0.25, 0.3) is 0 Å². The van der Waals surface area contributed by atoms with Crippen LogP contribution in [-0.2, 0) is 4.79 Å². The quantitative estimate of drug-likeness (QED) is 0.876. The van der Waals surface area contributed by atoms with Crippen LogP contribution in [0.4, 0.5) is 10.5 Å². The number of carbonyl (C=O) groups is 2. The molecule has 1 aromatic rings. The van der Waals surface area contributed by atoms with Gasteiger partial charge in [0.1, 0.15) is 0 Å². The van der Waals surface area contributed by atoms with Crippen LogP contribution in [0.25, 0.3) is 0 Å². The van der Waals surface area contributed by atoms with Gasteiger partial charge in [-0.25, -0.2) is 4.79 Å². The van der Waals surface area contributed by atoms with Crippen molar-refractivity contribution in [2.75, 3.05) is 11.4 Å². The number of carboxylic acid groups (broad SMARTS) is 1. The molecule has 0 aromatic heterocycles. The zero-order valence-corrected chi connectivity index (χ0v) is 12.3. The lowest BCUT2D eigenvalue weighted by molar-refractivity contribution is -0.136. The van der Waals surface area contributed by atoms with Crippen molar-refractivity contribution < 1.29 is 14.7 Å². The van der Waals surface area contributed by atoms with Gasteiger partial charge in [-0.1, -0.05) is 30.5 Å². The SMILES string of the molecule is Cc1ccc(N(CCC(=O)O)C(=O)NC2CCCC2)cc1. The van der Waals surface area contributed by atoms with E-state index >= 15 is 0 Å². The summed E-state index contributed by atoms with van der Waals surface area (Å²) in [6.45, 7) is 2.15. The maximum atomic E-state index is 12.4. The van der Waals surface area contributed by atoms with Crippen LogP contribution in [0.5, 0.6) is 0 Å². The van der Waals surface area contributed by atoms with E-state index in [9.17, 15) is 9.59 Å². The molecule has 1 aliphatic carbocycles. The maximum Gasteiger partial charge on any atom is 0.322 e. The summed E-state index contributed by atoms with van der Waals surface area (Å²) >= 11 is 0. The third-order valence-electron chi connectivity index (χ3n) is 3.82. The summed E-state index contributed by atoms with van der Waals surface area (Å²) in [5, 5.41) is 11.9. The van der Waals surface area contributed by atoms with E-state index in [2.05, 4.69) is 5.32 Å². The number of urea groups is 1. The Morgan fingerprint density at radius 2 is 1.86 bits per heavy atom. The summed E-state index contributed by atoms with van der Waals surface area (Å²) in [5.74, 6) is -0.902. The Labute approximate surface area is 125 Å². The van der Waals surface area contributed by atoms with Crippen molar-refractivity contribution in [1.82, 2.24) is 5.32 Å². The predicted octanol–water partition coefficient (Wildman–Crippen LogP) is 2.93. The number of nitrogens with one attached hydrogen (secondary N) is 1. The lowest BCUT2D eigenvalue weighted by atomic mass is 10.2. The van der Waals surface area contributed by atoms with Crippen molar-refractivity contribution in [3.8, 4) is 0 Å². The van der Waals surface area contributed by atoms with E-state index in [1.807, 2.05) is 31.2 Å². The van der Waals surface area contributed by atoms with E-state index in [0.717, 1.165) is 36.9 Å². The fourth-order valence-corrected chi connectivity index (χ4v) is 2.60. The summed E-state index contributed by atoms with van der Waals surface area (Å²) in [5.41, 5.74) is 1.84. The number of hydrogen-bond donors (Lipinski definition) is 2. The number of carboxylic acids is 1. The number of nitrogens with zero attached hydrogens (tertiary/aromatic N) is 1. The van der Waals surface area contributed by atoms with Gasteiger partial charge in [0.2, 0.25) is 0 Å². The molecule has 2 N–H and O–H groups in total. The first-order chi connectivity index (χ1) is 10.1. The first kappa shape index (κ1) is 15.4. The minimum Gasteiger partial charge on any atom is -0.481 e. The lowest BCUT2D eigenvalue weighted by Gasteiger charge is -2.25. The molecule has 0 spiro atoms. The smallest absolute Gasteiger partial charge is 0.322 e. The molecule has 0 bridgehead atoms. The normalized spacial score (nSPS) is 14.9. The summed E-state index contributed by atoms with van der Waals surface area (Å²) in [6, 6.07) is 7.57. The van der Waals surface area contributed by atoms with E-state index in [1.165, 1.54) is 4.90 Å². The highest BCUT2D eigenvalue weighted by Gasteiger charge is 2.22. The first-order valence-corrected chi connectivity index (χ1v) is 7.43. The molecule has 0 atom stereocenters. The Kier molecular flexibility index (Phi) is 5.20. The largest absolute Gasteiger partial charge is 0.481 e. The molecule has 0 unspecified atom stereocenters. The van der Waals surface area contributed by atoms with Crippen molar-refractivity contribution in [2.45, 2.75) is 45.1 Å². The van der Waals surface area contributed by atoms with Crippen molar-refractivity contribution >= 4 is 17.7 Å². The van der Waals surface area contributed by atoms with Crippen molar-refractivity contribution in [2.24, 2.45) is 0 Å². The van der Waals surface area contributed by atoms with E-state index in [1.54, 1.807) is 0 Å². The second-order valence-corrected chi connectivity index (χ2v) is 5.56. The fourth-order valence-electron chi connectivity index (χ4n) is 2.60. The predicted molar refractivity (Wildman–Crippen MR) is 81.6 cm³/mol. The monoisotopic (exact) mass is 290 g/mol. The number of hydrogen-bond acceptors (Lipinski definition) is 2. The molecule has 5 nitrogen and oxygen atoms in total. The molecule has 2 rings (SSSR count). The van der Waals surface area contributed by atoms with Gasteiger partial charge >= 0.3 is 12.0 Å². The van der Waals surface area contributed by atoms with Crippen LogP contribution < -0.4 is 10.2 Å². The number of benzene rings is 1. The van der Waals surface area contributed by atoms with E-state index in [0.29, 0.717) is 0 Å². The molecule has 2 amide bonds. The molecule has 0 heterocycles. The first-order valence-electron chi connectivity index (χ1n) is 7.43. The molecule has 1 saturated carbocycles. The van der Waals surface area contributed by atoms with Gasteiger partial charge in [-0.05, 0) is 31.9 Å². The molecular formula is C16H22N2O3. The average Bonchev–Trinajstić information content (AvgIpc) is 2.93. The summed E-state index contributed by atoms with van der Waals surface area (Å²) in [7, 11) is 0. The Hall–Kier alpha value is -2.04. The fraction of sp³-hybridized carbons (Fsp3) is 0.500. The van der Waals surface area contributed by atoms with Crippen LogP contribution in [0, 0.1) is 6.92 Å². The van der Waals surface area contributed by atoms with Crippen LogP contribution >= 0.6 is 0 Å². The van der Waals surface area contributed by atoms with Crippen LogP contribution in [0.15, 0.2) is 24.3 Å². The Balaban J connectivity index is 2.08. The van der Waals surface area contributed by atoms with Gasteiger partial charge in [-0.3, -0.25) is 9.69 Å². The van der Waals surface area contributed by atoms with Gasteiger partial charge in [-0.15, -0.1) is 0 Å². The van der Waals surface area contributed by atoms with Gasteiger partial charge in [0.15, 0.2) is 0 Å². The number of carbonyl (C=O) groups excluding carboxylic acids is 1. The van der Waals surface area contributed by atoms with E-state index in [-0.39, 0.29) is 25.0 Å². The number of rotatable bonds is 5. The standard InChI is InChI=1S/C16H22N2O3/c1-12-6-8-14(9-7-12)18(11-10-15(19)20)16(21)17-13-4-2-3-5-13/h6-9,13H,2-5,10-11H2,1H3,(H,17,21)(H,19,20). The number of anilines is 1. The Morgan fingerprint density at radius 1 is 1.24 bits per heavy atom. The molecular weight excluding hydrogens is 268 g/mol. The second kappa shape index (κ2) is 7.11. The molecule has 21 heavy (non-hydrogen) atoms. The van der Waals surface area contributed by atoms with Crippen LogP contribution in [0.1, 0.15) is 37.7 Å². The van der Waals surface area contributed by atoms with Crippen molar-refractivity contribution in [1.29, 1.82) is 0 Å². The van der Waals surface area contributed by atoms with Crippen LogP contribution in [0.3, 0.4) is 0 Å². The molecule has 0 radical (unpaired) electrons. The minimum atomic E-state index is -0.902. The lowest BCUT2D eigenvalue weighted by Crippen LogP contribution is -2.45. The molecule has 1 aromatic carbocycles. The highest BCUT2D eigenvalue weighted by atomic mass is 16.4. The molecule has 1 fully saturated rings. The van der Waals surface area contributed by atoms with Gasteiger partial charge in [0.05, 0.1) is 6.42 Å². The number of amides is 2. The van der Waals surface area contributed by atoms with Crippen LogP contribution in [-0.4, -0.2) is 29.7 Å². The van der Waals surface area contributed by atoms with Crippen molar-refractivity contribution in [3.63, 3.8) is 0 Å². The molecule has 0 saturated heterocycles. The summed E-state index contributed by atoms with van der Waals surface area (Å²) in [6.07, 6.45) is 4.24. The summed E-state index contributed by atoms with van der Waals surface area (Å²) in [4.78, 5) is 24.7. The Bertz CT molecular complexity index is 493. The van der Waals surface area contributed by atoms with E-state index in [4.69, 9.17) is 5.11 Å². The zero-order chi connectivity index (χ0) is 15.2. The van der Waals surface area contributed by atoms with Crippen LogP contribution in [0.2, 0.25) is 0 Å².